The van der Waals surface area contributed by atoms with Crippen molar-refractivity contribution in [1.82, 2.24) is 25.1 Å². The number of aromatic nitrogens is 4. The van der Waals surface area contributed by atoms with E-state index >= 15 is 0 Å². The standard InChI is InChI=1S/C21H22N6O2/c1-13(2)15-10-20(26-23-12-15)25-19-4-3-17-18(24-19)9-16(11-22-17)14-5-7-27(8-6-14)21(28)29/h3-5,9-13H,6-8H2,1-2H3,(H,28,29)(H,24,25,26). The maximum atomic E-state index is 11.1. The molecule has 0 spiro atoms. The summed E-state index contributed by atoms with van der Waals surface area (Å²) in [6.07, 6.45) is 5.30. The highest BCUT2D eigenvalue weighted by atomic mass is 16.4. The molecule has 4 heterocycles. The maximum Gasteiger partial charge on any atom is 0.407 e. The van der Waals surface area contributed by atoms with Gasteiger partial charge in [0.2, 0.25) is 0 Å². The smallest absolute Gasteiger partial charge is 0.407 e. The lowest BCUT2D eigenvalue weighted by Crippen LogP contribution is -2.33. The molecule has 0 saturated carbocycles. The summed E-state index contributed by atoms with van der Waals surface area (Å²) >= 11 is 0. The molecule has 0 unspecified atom stereocenters. The van der Waals surface area contributed by atoms with E-state index in [1.54, 1.807) is 6.20 Å². The summed E-state index contributed by atoms with van der Waals surface area (Å²) < 4.78 is 0. The van der Waals surface area contributed by atoms with Gasteiger partial charge in [-0.15, -0.1) is 5.10 Å². The van der Waals surface area contributed by atoms with Crippen molar-refractivity contribution in [3.8, 4) is 0 Å². The number of nitrogens with one attached hydrogen (secondary N) is 1. The van der Waals surface area contributed by atoms with Gasteiger partial charge in [0.15, 0.2) is 5.82 Å². The van der Waals surface area contributed by atoms with Gasteiger partial charge >= 0.3 is 6.09 Å². The summed E-state index contributed by atoms with van der Waals surface area (Å²) in [5.74, 6) is 1.68. The summed E-state index contributed by atoms with van der Waals surface area (Å²) in [5.41, 5.74) is 4.72. The predicted molar refractivity (Wildman–Crippen MR) is 111 cm³/mol. The Morgan fingerprint density at radius 1 is 1.17 bits per heavy atom. The van der Waals surface area contributed by atoms with Crippen LogP contribution in [0.3, 0.4) is 0 Å². The number of nitrogens with zero attached hydrogens (tertiary/aromatic N) is 5. The molecular weight excluding hydrogens is 368 g/mol. The zero-order chi connectivity index (χ0) is 20.4. The zero-order valence-electron chi connectivity index (χ0n) is 16.3. The van der Waals surface area contributed by atoms with Crippen LogP contribution in [0.4, 0.5) is 16.4 Å². The SMILES string of the molecule is CC(C)c1cnnc(Nc2ccc3ncc(C4=CCN(C(=O)O)CC4)cc3n2)c1. The molecule has 1 aliphatic heterocycles. The Labute approximate surface area is 168 Å². The van der Waals surface area contributed by atoms with Crippen molar-refractivity contribution in [1.29, 1.82) is 0 Å². The van der Waals surface area contributed by atoms with Crippen LogP contribution in [-0.4, -0.2) is 49.4 Å². The first-order valence-electron chi connectivity index (χ1n) is 9.53. The molecule has 0 aromatic carbocycles. The highest BCUT2D eigenvalue weighted by molar-refractivity contribution is 5.81. The molecule has 0 saturated heterocycles. The van der Waals surface area contributed by atoms with Gasteiger partial charge in [0, 0.05) is 19.3 Å². The van der Waals surface area contributed by atoms with Crippen molar-refractivity contribution in [2.24, 2.45) is 0 Å². The van der Waals surface area contributed by atoms with Gasteiger partial charge in [0.05, 0.1) is 17.2 Å². The number of pyridine rings is 2. The monoisotopic (exact) mass is 390 g/mol. The van der Waals surface area contributed by atoms with Gasteiger partial charge in [-0.25, -0.2) is 9.78 Å². The molecular formula is C21H22N6O2. The van der Waals surface area contributed by atoms with Gasteiger partial charge in [0.1, 0.15) is 5.82 Å². The van der Waals surface area contributed by atoms with Gasteiger partial charge in [-0.2, -0.15) is 5.10 Å². The number of anilines is 2. The molecule has 2 N–H and O–H groups in total. The average molecular weight is 390 g/mol. The number of carbonyl (C=O) groups is 1. The molecule has 0 atom stereocenters. The maximum absolute atomic E-state index is 11.1. The van der Waals surface area contributed by atoms with Gasteiger partial charge in [-0.3, -0.25) is 4.98 Å². The fraction of sp³-hybridized carbons (Fsp3) is 0.286. The van der Waals surface area contributed by atoms with Crippen molar-refractivity contribution >= 4 is 34.3 Å². The molecule has 0 radical (unpaired) electrons. The first-order valence-corrected chi connectivity index (χ1v) is 9.53. The molecule has 3 aromatic rings. The van der Waals surface area contributed by atoms with Gasteiger partial charge in [-0.1, -0.05) is 19.9 Å². The Kier molecular flexibility index (Phi) is 5.07. The molecule has 0 aliphatic carbocycles. The van der Waals surface area contributed by atoms with Crippen LogP contribution in [0, 0.1) is 0 Å². The molecule has 8 heteroatoms. The summed E-state index contributed by atoms with van der Waals surface area (Å²) in [7, 11) is 0. The summed E-state index contributed by atoms with van der Waals surface area (Å²) in [6.45, 7) is 5.09. The van der Waals surface area contributed by atoms with Crippen molar-refractivity contribution in [2.75, 3.05) is 18.4 Å². The lowest BCUT2D eigenvalue weighted by Gasteiger charge is -2.23. The van der Waals surface area contributed by atoms with Crippen LogP contribution >= 0.6 is 0 Å². The van der Waals surface area contributed by atoms with E-state index in [0.29, 0.717) is 37.1 Å². The molecule has 0 bridgehead atoms. The Morgan fingerprint density at radius 2 is 2.03 bits per heavy atom. The van der Waals surface area contributed by atoms with Crippen molar-refractivity contribution in [2.45, 2.75) is 26.2 Å². The molecule has 3 aromatic heterocycles. The molecule has 1 amide bonds. The van der Waals surface area contributed by atoms with E-state index in [1.807, 2.05) is 36.5 Å². The Morgan fingerprint density at radius 3 is 2.76 bits per heavy atom. The minimum Gasteiger partial charge on any atom is -0.465 e. The fourth-order valence-electron chi connectivity index (χ4n) is 3.25. The number of rotatable bonds is 4. The highest BCUT2D eigenvalue weighted by Crippen LogP contribution is 2.25. The minimum absolute atomic E-state index is 0.364. The number of hydrogen-bond acceptors (Lipinski definition) is 6. The molecule has 148 valence electrons. The van der Waals surface area contributed by atoms with Crippen LogP contribution in [0.25, 0.3) is 16.6 Å². The largest absolute Gasteiger partial charge is 0.465 e. The second kappa shape index (κ2) is 7.83. The third-order valence-corrected chi connectivity index (χ3v) is 4.99. The van der Waals surface area contributed by atoms with Gasteiger partial charge in [-0.05, 0) is 53.3 Å². The van der Waals surface area contributed by atoms with Crippen molar-refractivity contribution in [3.05, 3.63) is 53.9 Å². The molecule has 4 rings (SSSR count). The number of fused-ring (bicyclic) bond motifs is 1. The van der Waals surface area contributed by atoms with E-state index in [-0.39, 0.29) is 0 Å². The first-order chi connectivity index (χ1) is 14.0. The van der Waals surface area contributed by atoms with Crippen molar-refractivity contribution < 1.29 is 9.90 Å². The topological polar surface area (TPSA) is 104 Å². The average Bonchev–Trinajstić information content (AvgIpc) is 2.73. The van der Waals surface area contributed by atoms with Crippen LogP contribution in [-0.2, 0) is 0 Å². The van der Waals surface area contributed by atoms with E-state index in [4.69, 9.17) is 5.11 Å². The van der Waals surface area contributed by atoms with E-state index in [9.17, 15) is 4.79 Å². The quantitative estimate of drug-likeness (QED) is 0.692. The summed E-state index contributed by atoms with van der Waals surface area (Å²) in [6, 6.07) is 7.74. The number of amides is 1. The van der Waals surface area contributed by atoms with Gasteiger partial charge in [0.25, 0.3) is 0 Å². The van der Waals surface area contributed by atoms with Crippen molar-refractivity contribution in [3.63, 3.8) is 0 Å². The van der Waals surface area contributed by atoms with Crippen LogP contribution in [0.15, 0.2) is 42.7 Å². The summed E-state index contributed by atoms with van der Waals surface area (Å²) in [4.78, 5) is 21.6. The van der Waals surface area contributed by atoms with E-state index < -0.39 is 6.09 Å². The second-order valence-electron chi connectivity index (χ2n) is 7.32. The second-order valence-corrected chi connectivity index (χ2v) is 7.32. The lowest BCUT2D eigenvalue weighted by atomic mass is 10.0. The van der Waals surface area contributed by atoms with Crippen LogP contribution in [0.1, 0.15) is 37.3 Å². The van der Waals surface area contributed by atoms with Crippen LogP contribution in [0.5, 0.6) is 0 Å². The first kappa shape index (κ1) is 18.8. The number of hydrogen-bond donors (Lipinski definition) is 2. The Bertz CT molecular complexity index is 1100. The zero-order valence-corrected chi connectivity index (χ0v) is 16.3. The third-order valence-electron chi connectivity index (χ3n) is 4.99. The molecule has 29 heavy (non-hydrogen) atoms. The summed E-state index contributed by atoms with van der Waals surface area (Å²) in [5, 5.41) is 20.5. The molecule has 0 fully saturated rings. The van der Waals surface area contributed by atoms with E-state index in [2.05, 4.69) is 39.3 Å². The number of carboxylic acid groups (broad SMARTS) is 1. The lowest BCUT2D eigenvalue weighted by molar-refractivity contribution is 0.150. The van der Waals surface area contributed by atoms with E-state index in [1.165, 1.54) is 4.90 Å². The molecule has 1 aliphatic rings. The predicted octanol–water partition coefficient (Wildman–Crippen LogP) is 4.05. The minimum atomic E-state index is -0.890. The van der Waals surface area contributed by atoms with Crippen LogP contribution in [0.2, 0.25) is 0 Å². The Hall–Kier alpha value is -3.55. The molecule has 8 nitrogen and oxygen atoms in total. The third kappa shape index (κ3) is 4.16. The Balaban J connectivity index is 1.59. The van der Waals surface area contributed by atoms with Gasteiger partial charge < -0.3 is 15.3 Å². The highest BCUT2D eigenvalue weighted by Gasteiger charge is 2.17. The fourth-order valence-corrected chi connectivity index (χ4v) is 3.25. The van der Waals surface area contributed by atoms with E-state index in [0.717, 1.165) is 27.7 Å². The van der Waals surface area contributed by atoms with Crippen LogP contribution < -0.4 is 5.32 Å². The normalized spacial score (nSPS) is 14.2.